The molecule has 5 nitrogen and oxygen atoms in total. The summed E-state index contributed by atoms with van der Waals surface area (Å²) in [6.45, 7) is 1.40. The first-order valence-corrected chi connectivity index (χ1v) is 8.55. The summed E-state index contributed by atoms with van der Waals surface area (Å²) >= 11 is 0. The monoisotopic (exact) mass is 359 g/mol. The molecule has 3 heterocycles. The fourth-order valence-electron chi connectivity index (χ4n) is 3.73. The Morgan fingerprint density at radius 3 is 2.52 bits per heavy atom. The molecule has 2 aromatic rings. The lowest BCUT2D eigenvalue weighted by molar-refractivity contribution is 0.0746. The maximum atomic E-state index is 12.8. The van der Waals surface area contributed by atoms with E-state index >= 15 is 0 Å². The minimum atomic E-state index is -0.316. The van der Waals surface area contributed by atoms with Crippen LogP contribution in [0.15, 0.2) is 47.3 Å². The fourth-order valence-corrected chi connectivity index (χ4v) is 3.73. The molecule has 4 rings (SSSR count). The van der Waals surface area contributed by atoms with Crippen molar-refractivity contribution in [1.29, 1.82) is 0 Å². The Labute approximate surface area is 152 Å². The van der Waals surface area contributed by atoms with E-state index in [2.05, 4.69) is 10.3 Å². The first kappa shape index (κ1) is 17.7. The van der Waals surface area contributed by atoms with Crippen LogP contribution < -0.4 is 10.9 Å². The Balaban J connectivity index is 0.00000182. The van der Waals surface area contributed by atoms with Crippen molar-refractivity contribution in [2.24, 2.45) is 0 Å². The molecular weight excluding hydrogens is 338 g/mol. The van der Waals surface area contributed by atoms with Crippen LogP contribution in [0, 0.1) is 0 Å². The smallest absolute Gasteiger partial charge is 0.261 e. The van der Waals surface area contributed by atoms with Gasteiger partial charge in [-0.1, -0.05) is 30.3 Å². The van der Waals surface area contributed by atoms with E-state index in [4.69, 9.17) is 0 Å². The van der Waals surface area contributed by atoms with Crippen molar-refractivity contribution in [2.45, 2.75) is 31.3 Å². The van der Waals surface area contributed by atoms with E-state index in [1.807, 2.05) is 41.3 Å². The van der Waals surface area contributed by atoms with Crippen LogP contribution in [0.3, 0.4) is 0 Å². The number of aromatic nitrogens is 1. The van der Waals surface area contributed by atoms with Crippen LogP contribution in [0.1, 0.15) is 29.6 Å². The Morgan fingerprint density at radius 2 is 1.76 bits per heavy atom. The maximum absolute atomic E-state index is 12.8. The molecule has 1 amide bonds. The third kappa shape index (κ3) is 3.62. The fraction of sp³-hybridized carbons (Fsp3) is 0.368. The normalized spacial score (nSPS) is 22.2. The van der Waals surface area contributed by atoms with Gasteiger partial charge in [-0.05, 0) is 37.0 Å². The van der Waals surface area contributed by atoms with Crippen LogP contribution >= 0.6 is 12.4 Å². The first-order chi connectivity index (χ1) is 11.7. The minimum Gasteiger partial charge on any atom is -0.337 e. The van der Waals surface area contributed by atoms with E-state index in [1.54, 1.807) is 6.07 Å². The molecule has 2 aliphatic heterocycles. The van der Waals surface area contributed by atoms with Gasteiger partial charge in [-0.15, -0.1) is 12.4 Å². The van der Waals surface area contributed by atoms with Gasteiger partial charge in [-0.2, -0.15) is 0 Å². The zero-order chi connectivity index (χ0) is 16.5. The number of nitrogens with zero attached hydrogens (tertiary/aromatic N) is 1. The molecule has 25 heavy (non-hydrogen) atoms. The number of benzene rings is 1. The lowest BCUT2D eigenvalue weighted by atomic mass is 10.1. The van der Waals surface area contributed by atoms with Gasteiger partial charge >= 0.3 is 0 Å². The average molecular weight is 360 g/mol. The standard InChI is InChI=1S/C19H21N3O2.ClH/c23-18-16(8-9-17(21-18)13-4-2-1-3-5-13)19(24)22-11-10-14-6-7-15(12-22)20-14;/h1-5,8-9,14-15,20H,6-7,10-12H2,(H,21,23);1H. The second-order valence-corrected chi connectivity index (χ2v) is 6.66. The third-order valence-corrected chi connectivity index (χ3v) is 5.04. The summed E-state index contributed by atoms with van der Waals surface area (Å²) in [6, 6.07) is 14.0. The van der Waals surface area contributed by atoms with Crippen molar-refractivity contribution >= 4 is 18.3 Å². The highest BCUT2D eigenvalue weighted by Crippen LogP contribution is 2.21. The van der Waals surface area contributed by atoms with Gasteiger partial charge in [0.1, 0.15) is 5.56 Å². The molecule has 2 unspecified atom stereocenters. The summed E-state index contributed by atoms with van der Waals surface area (Å²) in [5.41, 5.74) is 1.58. The molecule has 1 aromatic carbocycles. The highest BCUT2D eigenvalue weighted by atomic mass is 35.5. The number of carbonyl (C=O) groups is 1. The SMILES string of the molecule is Cl.O=C(c1ccc(-c2ccccc2)[nH]c1=O)N1CCC2CCC(C1)N2. The molecule has 2 N–H and O–H groups in total. The average Bonchev–Trinajstić information content (AvgIpc) is 2.94. The van der Waals surface area contributed by atoms with Crippen LogP contribution in [-0.2, 0) is 0 Å². The van der Waals surface area contributed by atoms with Crippen LogP contribution in [0.2, 0.25) is 0 Å². The quantitative estimate of drug-likeness (QED) is 0.865. The molecule has 132 valence electrons. The number of hydrogen-bond donors (Lipinski definition) is 2. The van der Waals surface area contributed by atoms with Crippen molar-refractivity contribution in [1.82, 2.24) is 15.2 Å². The summed E-state index contributed by atoms with van der Waals surface area (Å²) in [4.78, 5) is 29.9. The molecule has 2 aliphatic rings. The van der Waals surface area contributed by atoms with Gasteiger partial charge < -0.3 is 15.2 Å². The van der Waals surface area contributed by atoms with Crippen LogP contribution in [0.5, 0.6) is 0 Å². The van der Waals surface area contributed by atoms with E-state index in [-0.39, 0.29) is 29.4 Å². The number of pyridine rings is 1. The first-order valence-electron chi connectivity index (χ1n) is 8.55. The summed E-state index contributed by atoms with van der Waals surface area (Å²) < 4.78 is 0. The van der Waals surface area contributed by atoms with E-state index in [9.17, 15) is 9.59 Å². The second-order valence-electron chi connectivity index (χ2n) is 6.66. The Bertz CT molecular complexity index is 806. The third-order valence-electron chi connectivity index (χ3n) is 5.04. The zero-order valence-electron chi connectivity index (χ0n) is 13.9. The van der Waals surface area contributed by atoms with Crippen LogP contribution in [0.4, 0.5) is 0 Å². The number of hydrogen-bond acceptors (Lipinski definition) is 3. The van der Waals surface area contributed by atoms with Crippen molar-refractivity contribution < 1.29 is 4.79 Å². The molecule has 0 saturated carbocycles. The number of rotatable bonds is 2. The molecular formula is C19H22ClN3O2. The Kier molecular flexibility index (Phi) is 5.25. The predicted octanol–water partition coefficient (Wildman–Crippen LogP) is 2.43. The van der Waals surface area contributed by atoms with Crippen LogP contribution in [0.25, 0.3) is 11.3 Å². The maximum Gasteiger partial charge on any atom is 0.261 e. The van der Waals surface area contributed by atoms with Crippen molar-refractivity contribution in [3.8, 4) is 11.3 Å². The van der Waals surface area contributed by atoms with Crippen molar-refractivity contribution in [3.63, 3.8) is 0 Å². The number of aromatic amines is 1. The molecule has 0 aliphatic carbocycles. The van der Waals surface area contributed by atoms with E-state index in [1.165, 1.54) is 6.42 Å². The molecule has 2 bridgehead atoms. The summed E-state index contributed by atoms with van der Waals surface area (Å²) in [6.07, 6.45) is 3.26. The second kappa shape index (κ2) is 7.42. The number of carbonyl (C=O) groups excluding carboxylic acids is 1. The van der Waals surface area contributed by atoms with E-state index in [0.717, 1.165) is 24.1 Å². The molecule has 2 saturated heterocycles. The number of nitrogens with one attached hydrogen (secondary N) is 2. The number of H-pyrrole nitrogens is 1. The highest BCUT2D eigenvalue weighted by Gasteiger charge is 2.32. The number of amides is 1. The molecule has 2 atom stereocenters. The Morgan fingerprint density at radius 1 is 1.00 bits per heavy atom. The van der Waals surface area contributed by atoms with Gasteiger partial charge in [-0.3, -0.25) is 9.59 Å². The molecule has 1 aromatic heterocycles. The number of fused-ring (bicyclic) bond motifs is 2. The summed E-state index contributed by atoms with van der Waals surface area (Å²) in [5, 5.41) is 3.55. The number of halogens is 1. The highest BCUT2D eigenvalue weighted by molar-refractivity contribution is 5.94. The van der Waals surface area contributed by atoms with Gasteiger partial charge in [0.05, 0.1) is 0 Å². The molecule has 6 heteroatoms. The van der Waals surface area contributed by atoms with Gasteiger partial charge in [0.2, 0.25) is 0 Å². The topological polar surface area (TPSA) is 65.2 Å². The van der Waals surface area contributed by atoms with Crippen LogP contribution in [-0.4, -0.2) is 41.0 Å². The van der Waals surface area contributed by atoms with Gasteiger partial charge in [0.15, 0.2) is 0 Å². The summed E-state index contributed by atoms with van der Waals surface area (Å²) in [5.74, 6) is -0.162. The number of likely N-dealkylation sites (tertiary alicyclic amines) is 1. The van der Waals surface area contributed by atoms with Gasteiger partial charge in [0.25, 0.3) is 11.5 Å². The van der Waals surface area contributed by atoms with Crippen molar-refractivity contribution in [3.05, 3.63) is 58.4 Å². The molecule has 0 radical (unpaired) electrons. The predicted molar refractivity (Wildman–Crippen MR) is 100 cm³/mol. The lowest BCUT2D eigenvalue weighted by Crippen LogP contribution is -2.40. The zero-order valence-corrected chi connectivity index (χ0v) is 14.7. The van der Waals surface area contributed by atoms with E-state index < -0.39 is 0 Å². The Hall–Kier alpha value is -2.11. The molecule has 0 spiro atoms. The molecule has 2 fully saturated rings. The van der Waals surface area contributed by atoms with Gasteiger partial charge in [0, 0.05) is 30.9 Å². The lowest BCUT2D eigenvalue weighted by Gasteiger charge is -2.24. The van der Waals surface area contributed by atoms with Gasteiger partial charge in [-0.25, -0.2) is 0 Å². The van der Waals surface area contributed by atoms with Crippen molar-refractivity contribution in [2.75, 3.05) is 13.1 Å². The largest absolute Gasteiger partial charge is 0.337 e. The summed E-state index contributed by atoms with van der Waals surface area (Å²) in [7, 11) is 0. The minimum absolute atomic E-state index is 0. The van der Waals surface area contributed by atoms with E-state index in [0.29, 0.717) is 25.2 Å².